The molecule has 0 N–H and O–H groups in total. The van der Waals surface area contributed by atoms with Crippen LogP contribution in [0.5, 0.6) is 0 Å². The van der Waals surface area contributed by atoms with Gasteiger partial charge in [0.25, 0.3) is 0 Å². The number of hydrogen-bond acceptors (Lipinski definition) is 6. The Hall–Kier alpha value is -2.52. The van der Waals surface area contributed by atoms with Crippen LogP contribution >= 0.6 is 22.9 Å². The zero-order chi connectivity index (χ0) is 21.1. The SMILES string of the molecule is Cc1nc(-c2ccccc2)sc1CN(Cc1ccco1)S(=O)(=O)c1ccc(Cl)nc1. The molecule has 0 aliphatic rings. The van der Waals surface area contributed by atoms with Gasteiger partial charge in [-0.1, -0.05) is 41.9 Å². The van der Waals surface area contributed by atoms with E-state index in [-0.39, 0.29) is 23.1 Å². The molecule has 4 aromatic rings. The van der Waals surface area contributed by atoms with Gasteiger partial charge in [0.05, 0.1) is 25.0 Å². The Morgan fingerprint density at radius 2 is 1.87 bits per heavy atom. The lowest BCUT2D eigenvalue weighted by Crippen LogP contribution is -2.30. The van der Waals surface area contributed by atoms with Crippen LogP contribution in [0, 0.1) is 6.92 Å². The van der Waals surface area contributed by atoms with E-state index in [1.165, 1.54) is 40.2 Å². The highest BCUT2D eigenvalue weighted by atomic mass is 35.5. The Morgan fingerprint density at radius 3 is 2.53 bits per heavy atom. The van der Waals surface area contributed by atoms with Gasteiger partial charge in [-0.05, 0) is 31.2 Å². The summed E-state index contributed by atoms with van der Waals surface area (Å²) in [5.41, 5.74) is 1.80. The Bertz CT molecular complexity index is 1220. The summed E-state index contributed by atoms with van der Waals surface area (Å²) in [5.74, 6) is 0.547. The molecular formula is C21H18ClN3O3S2. The van der Waals surface area contributed by atoms with Crippen molar-refractivity contribution in [3.05, 3.63) is 88.5 Å². The van der Waals surface area contributed by atoms with Crippen molar-refractivity contribution < 1.29 is 12.8 Å². The van der Waals surface area contributed by atoms with Crippen LogP contribution in [0.25, 0.3) is 10.6 Å². The average Bonchev–Trinajstić information content (AvgIpc) is 3.38. The molecule has 0 fully saturated rings. The molecule has 0 atom stereocenters. The van der Waals surface area contributed by atoms with Gasteiger partial charge < -0.3 is 4.42 Å². The van der Waals surface area contributed by atoms with Crippen molar-refractivity contribution >= 4 is 33.0 Å². The molecule has 0 saturated heterocycles. The van der Waals surface area contributed by atoms with Gasteiger partial charge in [-0.25, -0.2) is 18.4 Å². The summed E-state index contributed by atoms with van der Waals surface area (Å²) in [6, 6.07) is 16.2. The van der Waals surface area contributed by atoms with E-state index in [1.54, 1.807) is 12.1 Å². The smallest absolute Gasteiger partial charge is 0.245 e. The molecule has 1 aromatic carbocycles. The molecule has 0 amide bonds. The van der Waals surface area contributed by atoms with Crippen LogP contribution in [-0.2, 0) is 23.1 Å². The minimum atomic E-state index is -3.83. The van der Waals surface area contributed by atoms with E-state index < -0.39 is 10.0 Å². The summed E-state index contributed by atoms with van der Waals surface area (Å²) in [7, 11) is -3.83. The van der Waals surface area contributed by atoms with E-state index in [0.717, 1.165) is 21.1 Å². The quantitative estimate of drug-likeness (QED) is 0.357. The van der Waals surface area contributed by atoms with Crippen molar-refractivity contribution in [2.24, 2.45) is 0 Å². The Balaban J connectivity index is 1.69. The van der Waals surface area contributed by atoms with E-state index >= 15 is 0 Å². The van der Waals surface area contributed by atoms with Crippen LogP contribution in [0.1, 0.15) is 16.3 Å². The average molecular weight is 460 g/mol. The van der Waals surface area contributed by atoms with E-state index in [4.69, 9.17) is 16.0 Å². The third kappa shape index (κ3) is 4.46. The number of rotatable bonds is 7. The topological polar surface area (TPSA) is 76.3 Å². The summed E-state index contributed by atoms with van der Waals surface area (Å²) in [6.45, 7) is 2.15. The van der Waals surface area contributed by atoms with Crippen LogP contribution in [0.3, 0.4) is 0 Å². The molecule has 4 rings (SSSR count). The largest absolute Gasteiger partial charge is 0.468 e. The first-order chi connectivity index (χ1) is 14.4. The zero-order valence-corrected chi connectivity index (χ0v) is 18.4. The minimum absolute atomic E-state index is 0.0731. The predicted octanol–water partition coefficient (Wildman–Crippen LogP) is 5.15. The number of thiazole rings is 1. The molecule has 0 aliphatic carbocycles. The van der Waals surface area contributed by atoms with Crippen molar-refractivity contribution in [2.75, 3.05) is 0 Å². The molecule has 3 aromatic heterocycles. The third-order valence-electron chi connectivity index (χ3n) is 4.48. The number of halogens is 1. The number of hydrogen-bond donors (Lipinski definition) is 0. The van der Waals surface area contributed by atoms with Crippen molar-refractivity contribution in [1.29, 1.82) is 0 Å². The molecule has 0 aliphatic heterocycles. The van der Waals surface area contributed by atoms with E-state index in [2.05, 4.69) is 9.97 Å². The highest BCUT2D eigenvalue weighted by molar-refractivity contribution is 7.89. The molecule has 0 unspecified atom stereocenters. The fourth-order valence-corrected chi connectivity index (χ4v) is 5.50. The molecule has 6 nitrogen and oxygen atoms in total. The van der Waals surface area contributed by atoms with Gasteiger partial charge >= 0.3 is 0 Å². The van der Waals surface area contributed by atoms with E-state index in [9.17, 15) is 8.42 Å². The third-order valence-corrected chi connectivity index (χ3v) is 7.67. The normalized spacial score (nSPS) is 11.8. The van der Waals surface area contributed by atoms with Gasteiger partial charge in [0.2, 0.25) is 10.0 Å². The Morgan fingerprint density at radius 1 is 1.07 bits per heavy atom. The maximum atomic E-state index is 13.3. The fraction of sp³-hybridized carbons (Fsp3) is 0.143. The molecule has 9 heteroatoms. The first kappa shape index (κ1) is 20.7. The van der Waals surface area contributed by atoms with Crippen LogP contribution in [0.15, 0.2) is 76.4 Å². The highest BCUT2D eigenvalue weighted by Gasteiger charge is 2.28. The van der Waals surface area contributed by atoms with Gasteiger partial charge in [0, 0.05) is 16.6 Å². The summed E-state index contributed by atoms with van der Waals surface area (Å²) >= 11 is 7.31. The van der Waals surface area contributed by atoms with Crippen LogP contribution in [0.4, 0.5) is 0 Å². The maximum absolute atomic E-state index is 13.3. The summed E-state index contributed by atoms with van der Waals surface area (Å²) in [5, 5.41) is 1.09. The molecule has 0 saturated carbocycles. The van der Waals surface area contributed by atoms with E-state index in [1.807, 2.05) is 37.3 Å². The standard InChI is InChI=1S/C21H18ClN3O3S2/c1-15-19(29-21(24-15)16-6-3-2-4-7-16)14-25(13-17-8-5-11-28-17)30(26,27)18-9-10-20(22)23-12-18/h2-12H,13-14H2,1H3. The predicted molar refractivity (Wildman–Crippen MR) is 117 cm³/mol. The molecular weight excluding hydrogens is 442 g/mol. The van der Waals surface area contributed by atoms with Gasteiger partial charge in [0.15, 0.2) is 0 Å². The second-order valence-electron chi connectivity index (χ2n) is 6.56. The van der Waals surface area contributed by atoms with Crippen molar-refractivity contribution in [2.45, 2.75) is 24.9 Å². The second-order valence-corrected chi connectivity index (χ2v) is 9.97. The number of pyridine rings is 1. The summed E-state index contributed by atoms with van der Waals surface area (Å²) in [4.78, 5) is 9.50. The first-order valence-corrected chi connectivity index (χ1v) is 11.7. The van der Waals surface area contributed by atoms with E-state index in [0.29, 0.717) is 5.76 Å². The number of furan rings is 1. The number of aryl methyl sites for hydroxylation is 1. The van der Waals surface area contributed by atoms with Crippen LogP contribution in [0.2, 0.25) is 5.15 Å². The number of benzene rings is 1. The number of sulfonamides is 1. The molecule has 154 valence electrons. The number of nitrogens with zero attached hydrogens (tertiary/aromatic N) is 3. The minimum Gasteiger partial charge on any atom is -0.468 e. The molecule has 0 spiro atoms. The van der Waals surface area contributed by atoms with Crippen molar-refractivity contribution in [1.82, 2.24) is 14.3 Å². The monoisotopic (exact) mass is 459 g/mol. The van der Waals surface area contributed by atoms with Gasteiger partial charge in [-0.15, -0.1) is 11.3 Å². The highest BCUT2D eigenvalue weighted by Crippen LogP contribution is 2.30. The number of aromatic nitrogens is 2. The Labute approximate surface area is 183 Å². The second kappa shape index (κ2) is 8.69. The van der Waals surface area contributed by atoms with Gasteiger partial charge in [-0.2, -0.15) is 4.31 Å². The molecule has 0 bridgehead atoms. The van der Waals surface area contributed by atoms with Crippen molar-refractivity contribution in [3.8, 4) is 10.6 Å². The molecule has 0 radical (unpaired) electrons. The molecule has 30 heavy (non-hydrogen) atoms. The summed E-state index contributed by atoms with van der Waals surface area (Å²) in [6.07, 6.45) is 2.79. The van der Waals surface area contributed by atoms with Crippen LogP contribution < -0.4 is 0 Å². The zero-order valence-electron chi connectivity index (χ0n) is 16.0. The maximum Gasteiger partial charge on any atom is 0.245 e. The van der Waals surface area contributed by atoms with Gasteiger partial charge in [-0.3, -0.25) is 0 Å². The van der Waals surface area contributed by atoms with Crippen molar-refractivity contribution in [3.63, 3.8) is 0 Å². The lowest BCUT2D eigenvalue weighted by atomic mass is 10.2. The fourth-order valence-electron chi connectivity index (χ4n) is 2.91. The molecule has 3 heterocycles. The first-order valence-electron chi connectivity index (χ1n) is 9.09. The lowest BCUT2D eigenvalue weighted by molar-refractivity contribution is 0.360. The summed E-state index contributed by atoms with van der Waals surface area (Å²) < 4.78 is 33.5. The van der Waals surface area contributed by atoms with Crippen LogP contribution in [-0.4, -0.2) is 22.7 Å². The Kier molecular flexibility index (Phi) is 6.01. The van der Waals surface area contributed by atoms with Gasteiger partial charge in [0.1, 0.15) is 20.8 Å². The lowest BCUT2D eigenvalue weighted by Gasteiger charge is -2.20.